The molecule has 0 amide bonds. The van der Waals surface area contributed by atoms with Crippen molar-refractivity contribution < 1.29 is 4.79 Å². The van der Waals surface area contributed by atoms with Crippen molar-refractivity contribution in [2.45, 2.75) is 57.0 Å². The molecule has 1 rings (SSSR count). The zero-order chi connectivity index (χ0) is 10.1. The van der Waals surface area contributed by atoms with Crippen LogP contribution in [0.2, 0.25) is 0 Å². The summed E-state index contributed by atoms with van der Waals surface area (Å²) in [5.41, 5.74) is 0. The maximum atomic E-state index is 11.6. The molecule has 0 aromatic heterocycles. The summed E-state index contributed by atoms with van der Waals surface area (Å²) in [6, 6.07) is 0. The van der Waals surface area contributed by atoms with Crippen molar-refractivity contribution in [3.8, 4) is 0 Å². The molecular weight excluding hydrogens is 180 g/mol. The molecule has 0 spiro atoms. The number of rotatable bonds is 1. The predicted molar refractivity (Wildman–Crippen MR) is 59.2 cm³/mol. The van der Waals surface area contributed by atoms with Gasteiger partial charge in [-0.3, -0.25) is 4.79 Å². The van der Waals surface area contributed by atoms with Gasteiger partial charge in [0.15, 0.2) is 0 Å². The number of ketones is 1. The van der Waals surface area contributed by atoms with Crippen LogP contribution in [0.4, 0.5) is 0 Å². The van der Waals surface area contributed by atoms with Gasteiger partial charge in [0.25, 0.3) is 0 Å². The molecule has 1 fully saturated rings. The molecule has 0 aromatic rings. The van der Waals surface area contributed by atoms with E-state index in [1.807, 2.05) is 11.8 Å². The van der Waals surface area contributed by atoms with Crippen molar-refractivity contribution in [1.82, 2.24) is 0 Å². The van der Waals surface area contributed by atoms with Gasteiger partial charge in [0.1, 0.15) is 5.78 Å². The quantitative estimate of drug-likeness (QED) is 0.646. The highest BCUT2D eigenvalue weighted by Crippen LogP contribution is 2.36. The van der Waals surface area contributed by atoms with Crippen LogP contribution >= 0.6 is 11.8 Å². The fourth-order valence-corrected chi connectivity index (χ4v) is 3.23. The van der Waals surface area contributed by atoms with Gasteiger partial charge >= 0.3 is 0 Å². The number of Topliss-reactive ketones (excluding diaryl/α,β-unsaturated/α-hetero) is 1. The number of thioether (sulfide) groups is 1. The van der Waals surface area contributed by atoms with Crippen molar-refractivity contribution in [2.75, 3.05) is 0 Å². The maximum Gasteiger partial charge on any atom is 0.145 e. The number of carbonyl (C=O) groups excluding carboxylic acids is 1. The van der Waals surface area contributed by atoms with Gasteiger partial charge in [0, 0.05) is 11.2 Å². The van der Waals surface area contributed by atoms with Crippen LogP contribution in [0.25, 0.3) is 0 Å². The fraction of sp³-hybridized carbons (Fsp3) is 0.909. The summed E-state index contributed by atoms with van der Waals surface area (Å²) in [6.45, 7) is 8.81. The second-order valence-corrected chi connectivity index (χ2v) is 7.09. The molecule has 0 heterocycles. The smallest absolute Gasteiger partial charge is 0.145 e. The molecule has 0 saturated heterocycles. The van der Waals surface area contributed by atoms with E-state index in [-0.39, 0.29) is 10.00 Å². The monoisotopic (exact) mass is 200 g/mol. The first-order valence-electron chi connectivity index (χ1n) is 5.09. The van der Waals surface area contributed by atoms with Gasteiger partial charge in [-0.25, -0.2) is 0 Å². The maximum absolute atomic E-state index is 11.6. The topological polar surface area (TPSA) is 17.1 Å². The van der Waals surface area contributed by atoms with Gasteiger partial charge in [0.2, 0.25) is 0 Å². The van der Waals surface area contributed by atoms with E-state index in [9.17, 15) is 4.79 Å². The Morgan fingerprint density at radius 2 is 2.00 bits per heavy atom. The third-order valence-corrected chi connectivity index (χ3v) is 3.80. The lowest BCUT2D eigenvalue weighted by molar-refractivity contribution is -0.120. The van der Waals surface area contributed by atoms with Gasteiger partial charge < -0.3 is 0 Å². The first kappa shape index (κ1) is 11.1. The van der Waals surface area contributed by atoms with Crippen LogP contribution in [0, 0.1) is 5.92 Å². The van der Waals surface area contributed by atoms with E-state index < -0.39 is 0 Å². The molecule has 1 aliphatic rings. The van der Waals surface area contributed by atoms with Crippen LogP contribution in [-0.2, 0) is 4.79 Å². The van der Waals surface area contributed by atoms with Crippen LogP contribution in [0.1, 0.15) is 47.0 Å². The minimum atomic E-state index is 0.220. The molecule has 1 aliphatic carbocycles. The molecular formula is C11H20OS. The molecule has 0 aliphatic heterocycles. The van der Waals surface area contributed by atoms with Gasteiger partial charge in [0.05, 0.1) is 5.25 Å². The summed E-state index contributed by atoms with van der Waals surface area (Å²) in [6.07, 6.45) is 2.98. The molecule has 76 valence electrons. The van der Waals surface area contributed by atoms with Gasteiger partial charge in [-0.15, -0.1) is 11.8 Å². The van der Waals surface area contributed by atoms with Crippen LogP contribution in [0.15, 0.2) is 0 Å². The van der Waals surface area contributed by atoms with Crippen LogP contribution in [0.3, 0.4) is 0 Å². The Morgan fingerprint density at radius 3 is 2.54 bits per heavy atom. The van der Waals surface area contributed by atoms with E-state index in [1.54, 1.807) is 0 Å². The van der Waals surface area contributed by atoms with Gasteiger partial charge in [-0.1, -0.05) is 27.7 Å². The molecule has 1 saturated carbocycles. The lowest BCUT2D eigenvalue weighted by atomic mass is 9.90. The minimum absolute atomic E-state index is 0.220. The highest BCUT2D eigenvalue weighted by Gasteiger charge is 2.30. The number of carbonyl (C=O) groups is 1. The fourth-order valence-electron chi connectivity index (χ4n) is 1.71. The van der Waals surface area contributed by atoms with E-state index in [0.29, 0.717) is 5.78 Å². The average Bonchev–Trinajstić information content (AvgIpc) is 1.94. The predicted octanol–water partition coefficient (Wildman–Crippen LogP) is 3.28. The average molecular weight is 200 g/mol. The van der Waals surface area contributed by atoms with E-state index in [4.69, 9.17) is 0 Å². The summed E-state index contributed by atoms with van der Waals surface area (Å²) in [5.74, 6) is 1.20. The van der Waals surface area contributed by atoms with Crippen molar-refractivity contribution in [3.05, 3.63) is 0 Å². The summed E-state index contributed by atoms with van der Waals surface area (Å²) in [7, 11) is 0. The Bertz CT molecular complexity index is 193. The molecule has 0 radical (unpaired) electrons. The third-order valence-electron chi connectivity index (χ3n) is 2.35. The molecule has 2 heteroatoms. The highest BCUT2D eigenvalue weighted by atomic mass is 32.2. The molecule has 2 atom stereocenters. The highest BCUT2D eigenvalue weighted by molar-refractivity contribution is 8.01. The van der Waals surface area contributed by atoms with Gasteiger partial charge in [-0.2, -0.15) is 0 Å². The molecule has 2 unspecified atom stereocenters. The molecule has 0 bridgehead atoms. The molecule has 0 N–H and O–H groups in total. The normalized spacial score (nSPS) is 30.6. The third kappa shape index (κ3) is 3.72. The largest absolute Gasteiger partial charge is 0.298 e. The van der Waals surface area contributed by atoms with E-state index in [1.165, 1.54) is 0 Å². The first-order chi connectivity index (χ1) is 5.88. The first-order valence-corrected chi connectivity index (χ1v) is 5.97. The second-order valence-electron chi connectivity index (χ2n) is 5.06. The van der Waals surface area contributed by atoms with E-state index >= 15 is 0 Å². The van der Waals surface area contributed by atoms with Crippen molar-refractivity contribution in [3.63, 3.8) is 0 Å². The lowest BCUT2D eigenvalue weighted by Gasteiger charge is -2.30. The number of hydrogen-bond acceptors (Lipinski definition) is 2. The SMILES string of the molecule is CC1CCC(=O)C(SC(C)(C)C)C1. The summed E-state index contributed by atoms with van der Waals surface area (Å²) >= 11 is 1.84. The lowest BCUT2D eigenvalue weighted by Crippen LogP contribution is -2.29. The zero-order valence-corrected chi connectivity index (χ0v) is 9.91. The van der Waals surface area contributed by atoms with Crippen molar-refractivity contribution >= 4 is 17.5 Å². The summed E-state index contributed by atoms with van der Waals surface area (Å²) in [4.78, 5) is 11.6. The van der Waals surface area contributed by atoms with Crippen molar-refractivity contribution in [2.24, 2.45) is 5.92 Å². The second kappa shape index (κ2) is 4.04. The Morgan fingerprint density at radius 1 is 1.38 bits per heavy atom. The zero-order valence-electron chi connectivity index (χ0n) is 9.09. The Kier molecular flexibility index (Phi) is 3.44. The van der Waals surface area contributed by atoms with Gasteiger partial charge in [-0.05, 0) is 18.8 Å². The Hall–Kier alpha value is 0.0200. The van der Waals surface area contributed by atoms with Crippen LogP contribution in [0.5, 0.6) is 0 Å². The van der Waals surface area contributed by atoms with Crippen molar-refractivity contribution in [1.29, 1.82) is 0 Å². The Labute approximate surface area is 85.7 Å². The summed E-state index contributed by atoms with van der Waals surface area (Å²) in [5, 5.41) is 0.267. The molecule has 0 aromatic carbocycles. The van der Waals surface area contributed by atoms with Crippen LogP contribution < -0.4 is 0 Å². The van der Waals surface area contributed by atoms with E-state index in [2.05, 4.69) is 27.7 Å². The van der Waals surface area contributed by atoms with Crippen LogP contribution in [-0.4, -0.2) is 15.8 Å². The standard InChI is InChI=1S/C11H20OS/c1-8-5-6-9(12)10(7-8)13-11(2,3)4/h8,10H,5-7H2,1-4H3. The summed E-state index contributed by atoms with van der Waals surface area (Å²) < 4.78 is 0.220. The van der Waals surface area contributed by atoms with E-state index in [0.717, 1.165) is 25.2 Å². The molecule has 1 nitrogen and oxygen atoms in total. The Balaban J connectivity index is 2.52. The number of hydrogen-bond donors (Lipinski definition) is 0. The molecule has 13 heavy (non-hydrogen) atoms. The minimum Gasteiger partial charge on any atom is -0.298 e.